The van der Waals surface area contributed by atoms with Crippen molar-refractivity contribution in [1.29, 1.82) is 0 Å². The summed E-state index contributed by atoms with van der Waals surface area (Å²) in [6, 6.07) is 4.33. The zero-order valence-electron chi connectivity index (χ0n) is 11.2. The smallest absolute Gasteiger partial charge is 0.254 e. The van der Waals surface area contributed by atoms with Gasteiger partial charge in [-0.15, -0.1) is 12.4 Å². The molecule has 0 spiro atoms. The van der Waals surface area contributed by atoms with Gasteiger partial charge in [0.25, 0.3) is 5.91 Å². The Labute approximate surface area is 124 Å². The Bertz CT molecular complexity index is 454. The highest BCUT2D eigenvalue weighted by molar-refractivity contribution is 6.31. The molecule has 1 atom stereocenters. The molecule has 0 saturated heterocycles. The van der Waals surface area contributed by atoms with E-state index < -0.39 is 17.3 Å². The van der Waals surface area contributed by atoms with Crippen molar-refractivity contribution in [2.24, 2.45) is 11.7 Å². The molecule has 1 rings (SSSR count). The number of halogens is 3. The van der Waals surface area contributed by atoms with E-state index in [0.29, 0.717) is 0 Å². The van der Waals surface area contributed by atoms with Crippen LogP contribution in [0.1, 0.15) is 31.1 Å². The van der Waals surface area contributed by atoms with Crippen molar-refractivity contribution in [2.75, 3.05) is 6.54 Å². The Morgan fingerprint density at radius 3 is 2.58 bits per heavy atom. The predicted molar refractivity (Wildman–Crippen MR) is 78.4 cm³/mol. The molecule has 0 aliphatic rings. The first-order chi connectivity index (χ1) is 8.31. The Morgan fingerprint density at radius 2 is 2.11 bits per heavy atom. The second kappa shape index (κ2) is 7.08. The molecule has 0 heterocycles. The summed E-state index contributed by atoms with van der Waals surface area (Å²) in [5.74, 6) is -1.08. The summed E-state index contributed by atoms with van der Waals surface area (Å²) in [5.41, 5.74) is 5.02. The van der Waals surface area contributed by atoms with Gasteiger partial charge >= 0.3 is 0 Å². The average Bonchev–Trinajstić information content (AvgIpc) is 2.32. The van der Waals surface area contributed by atoms with E-state index in [0.717, 1.165) is 0 Å². The van der Waals surface area contributed by atoms with Crippen molar-refractivity contribution >= 4 is 29.9 Å². The van der Waals surface area contributed by atoms with Gasteiger partial charge in [0.2, 0.25) is 0 Å². The van der Waals surface area contributed by atoms with Crippen LogP contribution in [0.25, 0.3) is 0 Å². The first-order valence-electron chi connectivity index (χ1n) is 5.78. The second-order valence-electron chi connectivity index (χ2n) is 4.83. The lowest BCUT2D eigenvalue weighted by Gasteiger charge is -2.33. The summed E-state index contributed by atoms with van der Waals surface area (Å²) in [7, 11) is 0. The van der Waals surface area contributed by atoms with Crippen LogP contribution in [0, 0.1) is 11.7 Å². The number of rotatable bonds is 4. The topological polar surface area (TPSA) is 55.1 Å². The van der Waals surface area contributed by atoms with Crippen molar-refractivity contribution in [2.45, 2.75) is 26.3 Å². The van der Waals surface area contributed by atoms with E-state index in [-0.39, 0.29) is 35.5 Å². The van der Waals surface area contributed by atoms with Crippen LogP contribution >= 0.6 is 24.0 Å². The minimum absolute atomic E-state index is 0. The molecule has 0 bridgehead atoms. The molecule has 0 radical (unpaired) electrons. The molecule has 6 heteroatoms. The molecule has 0 aliphatic heterocycles. The fourth-order valence-corrected chi connectivity index (χ4v) is 1.61. The molecule has 1 aromatic carbocycles. The lowest BCUT2D eigenvalue weighted by Crippen LogP contribution is -2.55. The van der Waals surface area contributed by atoms with Gasteiger partial charge in [-0.1, -0.05) is 31.5 Å². The largest absolute Gasteiger partial charge is 0.345 e. The highest BCUT2D eigenvalue weighted by atomic mass is 35.5. The quantitative estimate of drug-likeness (QED) is 0.898. The number of carbonyl (C=O) groups is 1. The highest BCUT2D eigenvalue weighted by Crippen LogP contribution is 2.20. The minimum atomic E-state index is -0.709. The number of nitrogens with two attached hydrogens (primary N) is 1. The summed E-state index contributed by atoms with van der Waals surface area (Å²) in [4.78, 5) is 12.0. The van der Waals surface area contributed by atoms with E-state index >= 15 is 0 Å². The van der Waals surface area contributed by atoms with Gasteiger partial charge in [-0.2, -0.15) is 0 Å². The van der Waals surface area contributed by atoms with Gasteiger partial charge in [0, 0.05) is 6.54 Å². The third-order valence-corrected chi connectivity index (χ3v) is 3.59. The molecule has 19 heavy (non-hydrogen) atoms. The number of hydrogen-bond donors (Lipinski definition) is 2. The first kappa shape index (κ1) is 18.2. The molecule has 3 N–H and O–H groups in total. The van der Waals surface area contributed by atoms with E-state index in [1.165, 1.54) is 18.2 Å². The molecule has 0 saturated carbocycles. The molecule has 1 unspecified atom stereocenters. The standard InChI is InChI=1S/C13H18ClFN2O.ClH/c1-8(2)13(3,7-16)17-12(18)9-5-4-6-10(14)11(9)15;/h4-6,8H,7,16H2,1-3H3,(H,17,18);1H. The average molecular weight is 309 g/mol. The van der Waals surface area contributed by atoms with E-state index in [2.05, 4.69) is 5.32 Å². The van der Waals surface area contributed by atoms with Crippen molar-refractivity contribution in [3.8, 4) is 0 Å². The molecule has 1 aromatic rings. The summed E-state index contributed by atoms with van der Waals surface area (Å²) in [6.45, 7) is 6.00. The van der Waals surface area contributed by atoms with Gasteiger partial charge in [-0.05, 0) is 25.0 Å². The second-order valence-corrected chi connectivity index (χ2v) is 5.24. The number of amides is 1. The molecular formula is C13H19Cl2FN2O. The molecule has 0 aromatic heterocycles. The maximum absolute atomic E-state index is 13.7. The van der Waals surface area contributed by atoms with Gasteiger partial charge in [-0.3, -0.25) is 4.79 Å². The zero-order valence-corrected chi connectivity index (χ0v) is 12.7. The van der Waals surface area contributed by atoms with Crippen LogP contribution in [0.15, 0.2) is 18.2 Å². The van der Waals surface area contributed by atoms with Crippen molar-refractivity contribution in [1.82, 2.24) is 5.32 Å². The maximum atomic E-state index is 13.7. The van der Waals surface area contributed by atoms with Crippen LogP contribution in [-0.4, -0.2) is 18.0 Å². The normalized spacial score (nSPS) is 13.6. The van der Waals surface area contributed by atoms with E-state index in [9.17, 15) is 9.18 Å². The van der Waals surface area contributed by atoms with Crippen LogP contribution in [0.5, 0.6) is 0 Å². The highest BCUT2D eigenvalue weighted by Gasteiger charge is 2.29. The van der Waals surface area contributed by atoms with E-state index in [4.69, 9.17) is 17.3 Å². The number of benzene rings is 1. The SMILES string of the molecule is CC(C)C(C)(CN)NC(=O)c1cccc(Cl)c1F.Cl. The van der Waals surface area contributed by atoms with Crippen LogP contribution in [0.4, 0.5) is 4.39 Å². The third kappa shape index (κ3) is 4.06. The summed E-state index contributed by atoms with van der Waals surface area (Å²) >= 11 is 5.65. The minimum Gasteiger partial charge on any atom is -0.345 e. The van der Waals surface area contributed by atoms with Crippen LogP contribution < -0.4 is 11.1 Å². The fourth-order valence-electron chi connectivity index (χ4n) is 1.44. The first-order valence-corrected chi connectivity index (χ1v) is 6.16. The number of carbonyl (C=O) groups excluding carboxylic acids is 1. The van der Waals surface area contributed by atoms with Gasteiger partial charge in [-0.25, -0.2) is 4.39 Å². The van der Waals surface area contributed by atoms with E-state index in [1.54, 1.807) is 0 Å². The van der Waals surface area contributed by atoms with Crippen LogP contribution in [0.3, 0.4) is 0 Å². The molecular weight excluding hydrogens is 290 g/mol. The molecule has 0 fully saturated rings. The zero-order chi connectivity index (χ0) is 13.9. The summed E-state index contributed by atoms with van der Waals surface area (Å²) in [6.07, 6.45) is 0. The molecule has 0 aliphatic carbocycles. The van der Waals surface area contributed by atoms with Gasteiger partial charge < -0.3 is 11.1 Å². The molecule has 108 valence electrons. The number of nitrogens with one attached hydrogen (secondary N) is 1. The van der Waals surface area contributed by atoms with Crippen molar-refractivity contribution < 1.29 is 9.18 Å². The van der Waals surface area contributed by atoms with Crippen LogP contribution in [-0.2, 0) is 0 Å². The van der Waals surface area contributed by atoms with E-state index in [1.807, 2.05) is 20.8 Å². The Kier molecular flexibility index (Phi) is 6.77. The summed E-state index contributed by atoms with van der Waals surface area (Å²) in [5, 5.41) is 2.70. The Balaban J connectivity index is 0.00000324. The summed E-state index contributed by atoms with van der Waals surface area (Å²) < 4.78 is 13.7. The lowest BCUT2D eigenvalue weighted by atomic mass is 9.88. The van der Waals surface area contributed by atoms with Crippen molar-refractivity contribution in [3.05, 3.63) is 34.6 Å². The third-order valence-electron chi connectivity index (χ3n) is 3.29. The van der Waals surface area contributed by atoms with Gasteiger partial charge in [0.05, 0.1) is 16.1 Å². The van der Waals surface area contributed by atoms with Gasteiger partial charge in [0.1, 0.15) is 0 Å². The lowest BCUT2D eigenvalue weighted by molar-refractivity contribution is 0.0879. The maximum Gasteiger partial charge on any atom is 0.254 e. The fraction of sp³-hybridized carbons (Fsp3) is 0.462. The Morgan fingerprint density at radius 1 is 1.53 bits per heavy atom. The molecule has 3 nitrogen and oxygen atoms in total. The Hall–Kier alpha value is -0.840. The number of hydrogen-bond acceptors (Lipinski definition) is 2. The van der Waals surface area contributed by atoms with Crippen LogP contribution in [0.2, 0.25) is 5.02 Å². The van der Waals surface area contributed by atoms with Crippen molar-refractivity contribution in [3.63, 3.8) is 0 Å². The van der Waals surface area contributed by atoms with Gasteiger partial charge in [0.15, 0.2) is 5.82 Å². The molecule has 1 amide bonds. The monoisotopic (exact) mass is 308 g/mol. The predicted octanol–water partition coefficient (Wildman–Crippen LogP) is 3.00.